The zero-order valence-corrected chi connectivity index (χ0v) is 23.6. The molecule has 0 aromatic heterocycles. The van der Waals surface area contributed by atoms with E-state index in [4.69, 9.17) is 5.73 Å². The molecular weight excluding hydrogens is 496 g/mol. The quantitative estimate of drug-likeness (QED) is 0.321. The van der Waals surface area contributed by atoms with E-state index in [9.17, 15) is 9.59 Å². The maximum absolute atomic E-state index is 13.1. The fourth-order valence-corrected chi connectivity index (χ4v) is 5.52. The number of piperidine rings is 1. The van der Waals surface area contributed by atoms with E-state index in [2.05, 4.69) is 59.6 Å². The molecule has 5 rings (SSSR count). The normalized spacial score (nSPS) is 15.6. The zero-order valence-electron chi connectivity index (χ0n) is 23.6. The number of benzene rings is 3. The van der Waals surface area contributed by atoms with Gasteiger partial charge in [-0.05, 0) is 85.0 Å². The van der Waals surface area contributed by atoms with Crippen molar-refractivity contribution in [3.05, 3.63) is 83.9 Å². The largest absolute Gasteiger partial charge is 0.370 e. The van der Waals surface area contributed by atoms with E-state index in [1.54, 1.807) is 0 Å². The lowest BCUT2D eigenvalue weighted by Gasteiger charge is -2.33. The lowest BCUT2D eigenvalue weighted by atomic mass is 9.97. The molecule has 3 N–H and O–H groups in total. The molecule has 40 heavy (non-hydrogen) atoms. The van der Waals surface area contributed by atoms with Crippen LogP contribution in [-0.4, -0.2) is 42.9 Å². The van der Waals surface area contributed by atoms with E-state index in [0.29, 0.717) is 26.1 Å². The van der Waals surface area contributed by atoms with Gasteiger partial charge in [-0.1, -0.05) is 61.5 Å². The van der Waals surface area contributed by atoms with Crippen molar-refractivity contribution in [2.75, 3.05) is 36.4 Å². The minimum absolute atomic E-state index is 0.0159. The van der Waals surface area contributed by atoms with E-state index in [-0.39, 0.29) is 17.7 Å². The standard InChI is InChI=1S/C34H42N4O2/c1-25-15-19-37(20-16-25)32-14-13-30(23-31(32)36-33(39)22-26-7-3-2-4-8-26)29-10-5-9-27(21-29)24-38(18-6-17-35)34(40)28-11-12-28/h2-5,7-10,13-14,21,23,25,28H,6,11-12,15-20,22,24,35H2,1H3,(H,36,39). The molecule has 0 radical (unpaired) electrons. The average molecular weight is 539 g/mol. The van der Waals surface area contributed by atoms with Crippen molar-refractivity contribution in [2.24, 2.45) is 17.6 Å². The van der Waals surface area contributed by atoms with Gasteiger partial charge in [0, 0.05) is 32.1 Å². The van der Waals surface area contributed by atoms with Gasteiger partial charge in [0.25, 0.3) is 0 Å². The molecule has 6 heteroatoms. The van der Waals surface area contributed by atoms with Gasteiger partial charge in [-0.3, -0.25) is 9.59 Å². The summed E-state index contributed by atoms with van der Waals surface area (Å²) in [6.45, 7) is 6.15. The lowest BCUT2D eigenvalue weighted by molar-refractivity contribution is -0.133. The van der Waals surface area contributed by atoms with E-state index in [1.807, 2.05) is 35.2 Å². The highest BCUT2D eigenvalue weighted by Crippen LogP contribution is 2.35. The van der Waals surface area contributed by atoms with E-state index >= 15 is 0 Å². The summed E-state index contributed by atoms with van der Waals surface area (Å²) >= 11 is 0. The molecule has 2 fully saturated rings. The minimum atomic E-state index is -0.0159. The smallest absolute Gasteiger partial charge is 0.228 e. The molecule has 2 amide bonds. The molecule has 3 aromatic rings. The molecule has 1 saturated heterocycles. The van der Waals surface area contributed by atoms with Crippen molar-refractivity contribution < 1.29 is 9.59 Å². The maximum Gasteiger partial charge on any atom is 0.228 e. The maximum atomic E-state index is 13.1. The Morgan fingerprint density at radius 3 is 2.35 bits per heavy atom. The first-order valence-corrected chi connectivity index (χ1v) is 14.8. The molecule has 2 aliphatic rings. The highest BCUT2D eigenvalue weighted by atomic mass is 16.2. The number of nitrogens with two attached hydrogens (primary N) is 1. The van der Waals surface area contributed by atoms with Gasteiger partial charge < -0.3 is 20.9 Å². The number of anilines is 2. The molecule has 0 spiro atoms. The number of hydrogen-bond donors (Lipinski definition) is 2. The molecule has 1 aliphatic heterocycles. The fraction of sp³-hybridized carbons (Fsp3) is 0.412. The summed E-state index contributed by atoms with van der Waals surface area (Å²) in [7, 11) is 0. The van der Waals surface area contributed by atoms with Gasteiger partial charge >= 0.3 is 0 Å². The molecule has 1 heterocycles. The molecule has 0 bridgehead atoms. The Labute approximate surface area is 238 Å². The summed E-state index contributed by atoms with van der Waals surface area (Å²) in [6.07, 6.45) is 5.45. The monoisotopic (exact) mass is 538 g/mol. The Kier molecular flexibility index (Phi) is 9.17. The molecule has 1 saturated carbocycles. The summed E-state index contributed by atoms with van der Waals surface area (Å²) in [5.41, 5.74) is 11.9. The van der Waals surface area contributed by atoms with Gasteiger partial charge in [-0.25, -0.2) is 0 Å². The SMILES string of the molecule is CC1CCN(c2ccc(-c3cccc(CN(CCCN)C(=O)C4CC4)c3)cc2NC(=O)Cc2ccccc2)CC1. The highest BCUT2D eigenvalue weighted by molar-refractivity contribution is 5.96. The van der Waals surface area contributed by atoms with Gasteiger partial charge in [0.1, 0.15) is 0 Å². The summed E-state index contributed by atoms with van der Waals surface area (Å²) < 4.78 is 0. The van der Waals surface area contributed by atoms with Crippen LogP contribution < -0.4 is 16.0 Å². The Bertz CT molecular complexity index is 1300. The molecule has 3 aromatic carbocycles. The lowest BCUT2D eigenvalue weighted by Crippen LogP contribution is -2.33. The summed E-state index contributed by atoms with van der Waals surface area (Å²) in [4.78, 5) is 30.4. The van der Waals surface area contributed by atoms with Crippen LogP contribution in [0.1, 0.15) is 50.2 Å². The van der Waals surface area contributed by atoms with Crippen molar-refractivity contribution in [1.82, 2.24) is 4.90 Å². The van der Waals surface area contributed by atoms with Crippen LogP contribution in [0.25, 0.3) is 11.1 Å². The van der Waals surface area contributed by atoms with Crippen LogP contribution in [-0.2, 0) is 22.6 Å². The van der Waals surface area contributed by atoms with Gasteiger partial charge in [0.2, 0.25) is 11.8 Å². The van der Waals surface area contributed by atoms with Gasteiger partial charge in [-0.2, -0.15) is 0 Å². The Morgan fingerprint density at radius 1 is 0.900 bits per heavy atom. The second-order valence-corrected chi connectivity index (χ2v) is 11.5. The molecule has 0 atom stereocenters. The molecular formula is C34H42N4O2. The number of carbonyl (C=O) groups is 2. The first kappa shape index (κ1) is 27.9. The second kappa shape index (κ2) is 13.1. The van der Waals surface area contributed by atoms with Crippen LogP contribution in [0.3, 0.4) is 0 Å². The van der Waals surface area contributed by atoms with Gasteiger partial charge in [0.05, 0.1) is 17.8 Å². The molecule has 1 aliphatic carbocycles. The zero-order chi connectivity index (χ0) is 27.9. The number of nitrogens with one attached hydrogen (secondary N) is 1. The van der Waals surface area contributed by atoms with E-state index < -0.39 is 0 Å². The fourth-order valence-electron chi connectivity index (χ4n) is 5.52. The third-order valence-corrected chi connectivity index (χ3v) is 8.11. The van der Waals surface area contributed by atoms with Crippen LogP contribution in [0, 0.1) is 11.8 Å². The topological polar surface area (TPSA) is 78.7 Å². The Hall–Kier alpha value is -3.64. The van der Waals surface area contributed by atoms with Crippen LogP contribution >= 0.6 is 0 Å². The average Bonchev–Trinajstić information content (AvgIpc) is 3.82. The predicted octanol–water partition coefficient (Wildman–Crippen LogP) is 5.86. The van der Waals surface area contributed by atoms with Crippen molar-refractivity contribution in [2.45, 2.75) is 52.0 Å². The number of rotatable bonds is 11. The summed E-state index contributed by atoms with van der Waals surface area (Å²) in [6, 6.07) is 24.7. The predicted molar refractivity (Wildman–Crippen MR) is 163 cm³/mol. The van der Waals surface area contributed by atoms with Crippen molar-refractivity contribution in [3.63, 3.8) is 0 Å². The first-order valence-electron chi connectivity index (χ1n) is 14.8. The van der Waals surface area contributed by atoms with Crippen LogP contribution in [0.15, 0.2) is 72.8 Å². The number of amides is 2. The van der Waals surface area contributed by atoms with Gasteiger partial charge in [0.15, 0.2) is 0 Å². The van der Waals surface area contributed by atoms with E-state index in [0.717, 1.165) is 84.7 Å². The Morgan fingerprint density at radius 2 is 1.62 bits per heavy atom. The third kappa shape index (κ3) is 7.30. The summed E-state index contributed by atoms with van der Waals surface area (Å²) in [5, 5.41) is 3.24. The second-order valence-electron chi connectivity index (χ2n) is 11.5. The van der Waals surface area contributed by atoms with Crippen molar-refractivity contribution in [1.29, 1.82) is 0 Å². The first-order chi connectivity index (χ1) is 19.5. The Balaban J connectivity index is 1.39. The highest BCUT2D eigenvalue weighted by Gasteiger charge is 2.33. The number of carbonyl (C=O) groups excluding carboxylic acids is 2. The van der Waals surface area contributed by atoms with Crippen molar-refractivity contribution >= 4 is 23.2 Å². The third-order valence-electron chi connectivity index (χ3n) is 8.11. The minimum Gasteiger partial charge on any atom is -0.370 e. The van der Waals surface area contributed by atoms with Crippen LogP contribution in [0.5, 0.6) is 0 Å². The number of hydrogen-bond acceptors (Lipinski definition) is 4. The van der Waals surface area contributed by atoms with Crippen LogP contribution in [0.2, 0.25) is 0 Å². The van der Waals surface area contributed by atoms with Crippen LogP contribution in [0.4, 0.5) is 11.4 Å². The van der Waals surface area contributed by atoms with Crippen molar-refractivity contribution in [3.8, 4) is 11.1 Å². The summed E-state index contributed by atoms with van der Waals surface area (Å²) in [5.74, 6) is 1.15. The molecule has 210 valence electrons. The molecule has 6 nitrogen and oxygen atoms in total. The number of nitrogens with zero attached hydrogens (tertiary/aromatic N) is 2. The molecule has 0 unspecified atom stereocenters. The van der Waals surface area contributed by atoms with E-state index in [1.165, 1.54) is 0 Å². The van der Waals surface area contributed by atoms with Gasteiger partial charge in [-0.15, -0.1) is 0 Å².